The molecule has 8 heteroatoms. The molecule has 4 unspecified atom stereocenters. The van der Waals surface area contributed by atoms with Crippen LogP contribution in [0.3, 0.4) is 0 Å². The molecule has 4 aromatic carbocycles. The van der Waals surface area contributed by atoms with Crippen molar-refractivity contribution < 1.29 is 19.0 Å². The molecule has 0 bridgehead atoms. The van der Waals surface area contributed by atoms with Gasteiger partial charge in [0, 0.05) is 90.1 Å². The van der Waals surface area contributed by atoms with Crippen LogP contribution in [0.2, 0.25) is 0 Å². The van der Waals surface area contributed by atoms with Gasteiger partial charge in [-0.1, -0.05) is 110 Å². The summed E-state index contributed by atoms with van der Waals surface area (Å²) in [6, 6.07) is 34.0. The number of piperazine rings is 2. The molecule has 0 spiro atoms. The van der Waals surface area contributed by atoms with Crippen molar-refractivity contribution in [3.05, 3.63) is 154 Å². The van der Waals surface area contributed by atoms with E-state index in [1.165, 1.54) is 18.2 Å². The summed E-state index contributed by atoms with van der Waals surface area (Å²) in [5.74, 6) is -0.167. The highest BCUT2D eigenvalue weighted by molar-refractivity contribution is 5.57. The van der Waals surface area contributed by atoms with Gasteiger partial charge in [-0.15, -0.1) is 0 Å². The van der Waals surface area contributed by atoms with Crippen LogP contribution >= 0.6 is 0 Å². The molecule has 4 aromatic rings. The van der Waals surface area contributed by atoms with Crippen molar-refractivity contribution in [2.24, 2.45) is 11.8 Å². The molecule has 2 heterocycles. The molecule has 6 nitrogen and oxygen atoms in total. The van der Waals surface area contributed by atoms with Gasteiger partial charge in [-0.25, -0.2) is 8.78 Å². The molecule has 4 atom stereocenters. The topological polar surface area (TPSA) is 53.4 Å². The Morgan fingerprint density at radius 1 is 0.516 bits per heavy atom. The smallest absolute Gasteiger partial charge is 0.123 e. The number of nitrogens with zero attached hydrogens (tertiary/aromatic N) is 4. The van der Waals surface area contributed by atoms with Gasteiger partial charge in [0.2, 0.25) is 0 Å². The van der Waals surface area contributed by atoms with Crippen molar-refractivity contribution in [2.45, 2.75) is 75.4 Å². The van der Waals surface area contributed by atoms with E-state index in [1.807, 2.05) is 54.6 Å². The third kappa shape index (κ3) is 12.6. The molecule has 0 aromatic heterocycles. The highest BCUT2D eigenvalue weighted by Gasteiger charge is 2.43. The van der Waals surface area contributed by atoms with Crippen molar-refractivity contribution >= 4 is 12.2 Å². The van der Waals surface area contributed by atoms with Crippen LogP contribution in [0.1, 0.15) is 73.6 Å². The summed E-state index contributed by atoms with van der Waals surface area (Å²) in [5, 5.41) is 24.7. The Balaban J connectivity index is 0.000000186. The second-order valence-electron chi connectivity index (χ2n) is 18.7. The van der Waals surface area contributed by atoms with E-state index in [2.05, 4.69) is 70.1 Å². The maximum atomic E-state index is 14.0. The van der Waals surface area contributed by atoms with Gasteiger partial charge in [0.15, 0.2) is 0 Å². The van der Waals surface area contributed by atoms with Crippen LogP contribution in [0.4, 0.5) is 8.78 Å². The Hall–Kier alpha value is -4.02. The van der Waals surface area contributed by atoms with Gasteiger partial charge in [-0.2, -0.15) is 0 Å². The second kappa shape index (κ2) is 22.1. The van der Waals surface area contributed by atoms with Crippen molar-refractivity contribution in [3.8, 4) is 0 Å². The van der Waals surface area contributed by atoms with Crippen molar-refractivity contribution in [1.29, 1.82) is 0 Å². The minimum atomic E-state index is -0.969. The van der Waals surface area contributed by atoms with Gasteiger partial charge < -0.3 is 29.8 Å². The zero-order valence-electron chi connectivity index (χ0n) is 37.3. The van der Waals surface area contributed by atoms with E-state index in [-0.39, 0.29) is 23.5 Å². The van der Waals surface area contributed by atoms with Crippen LogP contribution in [0.15, 0.2) is 120 Å². The predicted molar refractivity (Wildman–Crippen MR) is 251 cm³/mol. The number of hydrogen-bond donors (Lipinski definition) is 2. The van der Waals surface area contributed by atoms with E-state index < -0.39 is 11.2 Å². The van der Waals surface area contributed by atoms with Crippen molar-refractivity contribution in [1.82, 2.24) is 19.6 Å². The lowest BCUT2D eigenvalue weighted by molar-refractivity contribution is -0.00669. The van der Waals surface area contributed by atoms with Crippen LogP contribution in [0, 0.1) is 23.5 Å². The van der Waals surface area contributed by atoms with Crippen LogP contribution in [0.5, 0.6) is 0 Å². The first kappa shape index (κ1) is 46.0. The van der Waals surface area contributed by atoms with E-state index in [4.69, 9.17) is 0 Å². The molecule has 2 saturated carbocycles. The zero-order valence-corrected chi connectivity index (χ0v) is 37.3. The fourth-order valence-electron chi connectivity index (χ4n) is 10.3. The minimum Gasteiger partial charge on any atom is -0.385 e. The molecule has 2 saturated heterocycles. The monoisotopic (exact) mass is 845 g/mol. The molecule has 0 radical (unpaired) electrons. The minimum absolute atomic E-state index is 0.136. The summed E-state index contributed by atoms with van der Waals surface area (Å²) in [6.07, 6.45) is 13.6. The third-order valence-corrected chi connectivity index (χ3v) is 14.1. The van der Waals surface area contributed by atoms with Gasteiger partial charge in [-0.3, -0.25) is 0 Å². The Bertz CT molecular complexity index is 2030. The zero-order chi connectivity index (χ0) is 43.4. The van der Waals surface area contributed by atoms with Crippen molar-refractivity contribution in [2.75, 3.05) is 79.5 Å². The quantitative estimate of drug-likeness (QED) is 0.156. The molecule has 332 valence electrons. The van der Waals surface area contributed by atoms with Gasteiger partial charge >= 0.3 is 0 Å². The fourth-order valence-corrected chi connectivity index (χ4v) is 10.3. The molecular formula is C54H70F2N4O2. The number of benzene rings is 4. The van der Waals surface area contributed by atoms with Crippen LogP contribution < -0.4 is 0 Å². The van der Waals surface area contributed by atoms with E-state index in [9.17, 15) is 19.0 Å². The van der Waals surface area contributed by atoms with Gasteiger partial charge in [0.1, 0.15) is 11.6 Å². The maximum absolute atomic E-state index is 14.0. The predicted octanol–water partition coefficient (Wildman–Crippen LogP) is 9.24. The number of hydrogen-bond acceptors (Lipinski definition) is 6. The summed E-state index contributed by atoms with van der Waals surface area (Å²) in [4.78, 5) is 9.76. The first-order chi connectivity index (χ1) is 30.1. The molecule has 4 aliphatic rings. The molecule has 2 N–H and O–H groups in total. The lowest BCUT2D eigenvalue weighted by Gasteiger charge is -2.42. The highest BCUT2D eigenvalue weighted by atomic mass is 19.1. The Morgan fingerprint density at radius 3 is 1.42 bits per heavy atom. The van der Waals surface area contributed by atoms with Gasteiger partial charge in [0.25, 0.3) is 0 Å². The Kier molecular flexibility index (Phi) is 16.4. The third-order valence-electron chi connectivity index (χ3n) is 14.1. The summed E-state index contributed by atoms with van der Waals surface area (Å²) in [6.45, 7) is 10.3. The molecule has 62 heavy (non-hydrogen) atoms. The Labute approximate surface area is 370 Å². The normalized spacial score (nSPS) is 27.3. The van der Waals surface area contributed by atoms with Gasteiger partial charge in [-0.05, 0) is 110 Å². The molecule has 0 amide bonds. The van der Waals surface area contributed by atoms with Crippen LogP contribution in [0.25, 0.3) is 12.2 Å². The number of aliphatic hydroxyl groups is 2. The first-order valence-electron chi connectivity index (χ1n) is 23.3. The van der Waals surface area contributed by atoms with Crippen LogP contribution in [-0.4, -0.2) is 121 Å². The van der Waals surface area contributed by atoms with Gasteiger partial charge in [0.05, 0.1) is 11.2 Å². The standard InChI is InChI=1S/2C27H35FN2O/c1-29-14-16-30(17-15-29)21-25-12-6-5-11-24(18-22-8-3-2-4-9-22)27(25,31)20-23-10-7-13-26(28)19-23;1-29-15-17-30(18-16-29)21-25-10-6-5-9-24(19-22-7-3-2-4-8-22)27(25,31)20-23-11-13-26(28)14-12-23/h2-4,7-10,13,18-19,25,31H,5-6,11-12,14-17,20-21H2,1H3;2-4,7-8,11-14,19,25,31H,5-6,9-10,15-18,20-21H2,1H3. The number of halogens is 2. The van der Waals surface area contributed by atoms with E-state index >= 15 is 0 Å². The summed E-state index contributed by atoms with van der Waals surface area (Å²) < 4.78 is 27.5. The number of rotatable bonds is 10. The molecule has 2 aliphatic heterocycles. The second-order valence-corrected chi connectivity index (χ2v) is 18.7. The lowest BCUT2D eigenvalue weighted by atomic mass is 9.74. The van der Waals surface area contributed by atoms with E-state index in [0.717, 1.165) is 150 Å². The lowest BCUT2D eigenvalue weighted by Crippen LogP contribution is -2.51. The largest absolute Gasteiger partial charge is 0.385 e. The van der Waals surface area contributed by atoms with Crippen molar-refractivity contribution in [3.63, 3.8) is 0 Å². The molecule has 8 rings (SSSR count). The molecule has 2 aliphatic carbocycles. The maximum Gasteiger partial charge on any atom is 0.123 e. The summed E-state index contributed by atoms with van der Waals surface area (Å²) >= 11 is 0. The summed E-state index contributed by atoms with van der Waals surface area (Å²) in [5.41, 5.74) is 4.45. The summed E-state index contributed by atoms with van der Waals surface area (Å²) in [7, 11) is 4.35. The average molecular weight is 845 g/mol. The molecule has 4 fully saturated rings. The van der Waals surface area contributed by atoms with E-state index in [1.54, 1.807) is 12.1 Å². The van der Waals surface area contributed by atoms with Crippen LogP contribution in [-0.2, 0) is 12.8 Å². The van der Waals surface area contributed by atoms with E-state index in [0.29, 0.717) is 12.8 Å². The first-order valence-corrected chi connectivity index (χ1v) is 23.3. The molecular weight excluding hydrogens is 775 g/mol. The Morgan fingerprint density at radius 2 is 0.968 bits per heavy atom. The fraction of sp³-hybridized carbons (Fsp3) is 0.481. The SMILES string of the molecule is CN1CCN(CC2CCCCC(=Cc3ccccc3)C2(O)Cc2ccc(F)cc2)CC1.CN1CCN(CC2CCCCC(=Cc3ccccc3)C2(O)Cc2cccc(F)c2)CC1. The highest BCUT2D eigenvalue weighted by Crippen LogP contribution is 2.42. The average Bonchev–Trinajstić information content (AvgIpc) is 3.51. The number of likely N-dealkylation sites (N-methyl/N-ethyl adjacent to an activating group) is 2.